The molecule has 2 N–H and O–H groups in total. The monoisotopic (exact) mass is 248 g/mol. The van der Waals surface area contributed by atoms with E-state index in [9.17, 15) is 0 Å². The largest absolute Gasteiger partial charge is 0.363 e. The second-order valence-electron chi connectivity index (χ2n) is 5.28. The van der Waals surface area contributed by atoms with Crippen LogP contribution in [0, 0.1) is 0 Å². The van der Waals surface area contributed by atoms with E-state index in [0.29, 0.717) is 0 Å². The molecule has 2 heterocycles. The maximum Gasteiger partial charge on any atom is 0.0624 e. The van der Waals surface area contributed by atoms with Gasteiger partial charge in [-0.15, -0.1) is 0 Å². The van der Waals surface area contributed by atoms with Crippen LogP contribution in [0.25, 0.3) is 0 Å². The zero-order valence-electron chi connectivity index (χ0n) is 10.4. The molecule has 2 aliphatic heterocycles. The Bertz CT molecular complexity index is 420. The summed E-state index contributed by atoms with van der Waals surface area (Å²) in [6.07, 6.45) is 2.40. The van der Waals surface area contributed by atoms with Crippen molar-refractivity contribution in [1.82, 2.24) is 0 Å². The fourth-order valence-electron chi connectivity index (χ4n) is 3.22. The molecule has 0 spiro atoms. The highest BCUT2D eigenvalue weighted by atomic mass is 32.2. The molecule has 17 heavy (non-hydrogen) atoms. The van der Waals surface area contributed by atoms with Gasteiger partial charge in [0.2, 0.25) is 0 Å². The van der Waals surface area contributed by atoms with Crippen molar-refractivity contribution in [2.24, 2.45) is 5.73 Å². The van der Waals surface area contributed by atoms with E-state index in [1.165, 1.54) is 29.8 Å². The molecular formula is C14H20N2S. The van der Waals surface area contributed by atoms with Crippen LogP contribution >= 0.6 is 11.8 Å². The molecule has 92 valence electrons. The Morgan fingerprint density at radius 3 is 3.00 bits per heavy atom. The van der Waals surface area contributed by atoms with Gasteiger partial charge in [-0.3, -0.25) is 0 Å². The molecule has 0 radical (unpaired) electrons. The van der Waals surface area contributed by atoms with E-state index in [0.717, 1.165) is 18.3 Å². The zero-order valence-corrected chi connectivity index (χ0v) is 11.2. The fraction of sp³-hybridized carbons (Fsp3) is 0.571. The van der Waals surface area contributed by atoms with Crippen molar-refractivity contribution in [1.29, 1.82) is 0 Å². The Morgan fingerprint density at radius 1 is 1.47 bits per heavy atom. The molecule has 2 aliphatic rings. The molecule has 0 bridgehead atoms. The second-order valence-corrected chi connectivity index (χ2v) is 6.71. The predicted molar refractivity (Wildman–Crippen MR) is 75.8 cm³/mol. The predicted octanol–water partition coefficient (Wildman–Crippen LogP) is 2.27. The first-order valence-corrected chi connectivity index (χ1v) is 7.47. The van der Waals surface area contributed by atoms with Crippen molar-refractivity contribution in [2.75, 3.05) is 23.7 Å². The van der Waals surface area contributed by atoms with E-state index in [1.54, 1.807) is 0 Å². The molecule has 3 rings (SSSR count). The summed E-state index contributed by atoms with van der Waals surface area (Å²) in [4.78, 5) is 2.58. The molecule has 1 aromatic carbocycles. The number of nitrogens with zero attached hydrogens (tertiary/aromatic N) is 1. The molecule has 2 atom stereocenters. The van der Waals surface area contributed by atoms with Gasteiger partial charge in [-0.2, -0.15) is 11.8 Å². The first-order valence-electron chi connectivity index (χ1n) is 6.42. The van der Waals surface area contributed by atoms with Gasteiger partial charge in [-0.1, -0.05) is 25.1 Å². The minimum atomic E-state index is 0.205. The van der Waals surface area contributed by atoms with Gasteiger partial charge < -0.3 is 10.6 Å². The SMILES string of the molecule is CC1CC(CN)(N2CCc3ccccc32)CS1. The number of nitrogens with two attached hydrogens (primary N) is 1. The number of hydrogen-bond donors (Lipinski definition) is 1. The number of hydrogen-bond acceptors (Lipinski definition) is 3. The van der Waals surface area contributed by atoms with E-state index >= 15 is 0 Å². The topological polar surface area (TPSA) is 29.3 Å². The lowest BCUT2D eigenvalue weighted by Crippen LogP contribution is -2.54. The van der Waals surface area contributed by atoms with Gasteiger partial charge >= 0.3 is 0 Å². The van der Waals surface area contributed by atoms with E-state index < -0.39 is 0 Å². The summed E-state index contributed by atoms with van der Waals surface area (Å²) in [5.74, 6) is 1.18. The lowest BCUT2D eigenvalue weighted by atomic mass is 9.94. The minimum absolute atomic E-state index is 0.205. The van der Waals surface area contributed by atoms with Crippen LogP contribution in [0.4, 0.5) is 5.69 Å². The van der Waals surface area contributed by atoms with Crippen molar-refractivity contribution in [3.05, 3.63) is 29.8 Å². The highest BCUT2D eigenvalue weighted by Crippen LogP contribution is 2.43. The molecule has 0 amide bonds. The van der Waals surface area contributed by atoms with Gasteiger partial charge in [0, 0.05) is 29.8 Å². The Kier molecular flexibility index (Phi) is 2.83. The van der Waals surface area contributed by atoms with Crippen molar-refractivity contribution in [3.8, 4) is 0 Å². The first kappa shape index (κ1) is 11.4. The van der Waals surface area contributed by atoms with Gasteiger partial charge in [0.15, 0.2) is 0 Å². The van der Waals surface area contributed by atoms with Crippen molar-refractivity contribution < 1.29 is 0 Å². The highest BCUT2D eigenvalue weighted by Gasteiger charge is 2.43. The third-order valence-corrected chi connectivity index (χ3v) is 5.58. The number of rotatable bonds is 2. The van der Waals surface area contributed by atoms with Crippen molar-refractivity contribution >= 4 is 17.4 Å². The molecule has 0 aromatic heterocycles. The summed E-state index contributed by atoms with van der Waals surface area (Å²) in [6, 6.07) is 8.80. The van der Waals surface area contributed by atoms with E-state index in [-0.39, 0.29) is 5.54 Å². The minimum Gasteiger partial charge on any atom is -0.363 e. The number of para-hydroxylation sites is 1. The van der Waals surface area contributed by atoms with Crippen LogP contribution in [0.2, 0.25) is 0 Å². The third kappa shape index (κ3) is 1.76. The number of fused-ring (bicyclic) bond motifs is 1. The number of thioether (sulfide) groups is 1. The molecule has 0 saturated carbocycles. The average Bonchev–Trinajstić information content (AvgIpc) is 2.93. The normalized spacial score (nSPS) is 31.9. The summed E-state index contributed by atoms with van der Waals surface area (Å²) >= 11 is 2.07. The Morgan fingerprint density at radius 2 is 2.29 bits per heavy atom. The summed E-state index contributed by atoms with van der Waals surface area (Å²) in [6.45, 7) is 4.24. The van der Waals surface area contributed by atoms with Crippen LogP contribution in [0.1, 0.15) is 18.9 Å². The highest BCUT2D eigenvalue weighted by molar-refractivity contribution is 8.00. The standard InChI is InChI=1S/C14H20N2S/c1-11-8-14(9-15,10-17-11)16-7-6-12-4-2-3-5-13(12)16/h2-5,11H,6-10,15H2,1H3. The Hall–Kier alpha value is -0.670. The lowest BCUT2D eigenvalue weighted by Gasteiger charge is -2.39. The van der Waals surface area contributed by atoms with Gasteiger partial charge in [0.1, 0.15) is 0 Å². The van der Waals surface area contributed by atoms with Crippen LogP contribution in [-0.4, -0.2) is 29.6 Å². The maximum atomic E-state index is 6.11. The molecule has 1 aromatic rings. The van der Waals surface area contributed by atoms with Crippen LogP contribution in [0.5, 0.6) is 0 Å². The molecule has 1 fully saturated rings. The molecule has 1 saturated heterocycles. The maximum absolute atomic E-state index is 6.11. The quantitative estimate of drug-likeness (QED) is 0.870. The third-order valence-electron chi connectivity index (χ3n) is 4.14. The Balaban J connectivity index is 1.95. The smallest absolute Gasteiger partial charge is 0.0624 e. The molecule has 2 unspecified atom stereocenters. The van der Waals surface area contributed by atoms with Crippen LogP contribution in [-0.2, 0) is 6.42 Å². The van der Waals surface area contributed by atoms with Crippen LogP contribution < -0.4 is 10.6 Å². The average molecular weight is 248 g/mol. The molecule has 0 aliphatic carbocycles. The van der Waals surface area contributed by atoms with Gasteiger partial charge in [-0.25, -0.2) is 0 Å². The van der Waals surface area contributed by atoms with Crippen molar-refractivity contribution in [3.63, 3.8) is 0 Å². The fourth-order valence-corrected chi connectivity index (χ4v) is 4.64. The van der Waals surface area contributed by atoms with Gasteiger partial charge in [0.25, 0.3) is 0 Å². The van der Waals surface area contributed by atoms with E-state index in [2.05, 4.69) is 47.9 Å². The second kappa shape index (κ2) is 4.21. The van der Waals surface area contributed by atoms with Gasteiger partial charge in [0.05, 0.1) is 5.54 Å². The summed E-state index contributed by atoms with van der Waals surface area (Å²) in [5.41, 5.74) is 9.23. The summed E-state index contributed by atoms with van der Waals surface area (Å²) < 4.78 is 0. The van der Waals surface area contributed by atoms with Crippen LogP contribution in [0.3, 0.4) is 0 Å². The van der Waals surface area contributed by atoms with E-state index in [4.69, 9.17) is 5.73 Å². The van der Waals surface area contributed by atoms with Gasteiger partial charge in [-0.05, 0) is 24.5 Å². The summed E-state index contributed by atoms with van der Waals surface area (Å²) in [7, 11) is 0. The first-order chi connectivity index (χ1) is 8.25. The Labute approximate surface area is 108 Å². The van der Waals surface area contributed by atoms with Crippen LogP contribution in [0.15, 0.2) is 24.3 Å². The lowest BCUT2D eigenvalue weighted by molar-refractivity contribution is 0.433. The van der Waals surface area contributed by atoms with E-state index in [1.807, 2.05) is 0 Å². The van der Waals surface area contributed by atoms with Crippen molar-refractivity contribution in [2.45, 2.75) is 30.6 Å². The summed E-state index contributed by atoms with van der Waals surface area (Å²) in [5, 5.41) is 0.742. The number of benzene rings is 1. The molecular weight excluding hydrogens is 228 g/mol. The molecule has 3 heteroatoms. The zero-order chi connectivity index (χ0) is 11.9. The molecule has 2 nitrogen and oxygen atoms in total. The number of anilines is 1.